The maximum Gasteiger partial charge on any atom is 0.259 e. The monoisotopic (exact) mass is 497 g/mol. The van der Waals surface area contributed by atoms with Crippen molar-refractivity contribution in [1.82, 2.24) is 24.7 Å². The Morgan fingerprint density at radius 3 is 2.63 bits per heavy atom. The molecule has 0 spiro atoms. The highest BCUT2D eigenvalue weighted by molar-refractivity contribution is 8.00. The Balaban J connectivity index is 1.55. The third-order valence-electron chi connectivity index (χ3n) is 5.97. The average Bonchev–Trinajstić information content (AvgIpc) is 3.13. The number of nitrogens with zero attached hydrogens (tertiary/aromatic N) is 5. The van der Waals surface area contributed by atoms with Gasteiger partial charge in [0.05, 0.1) is 19.4 Å². The van der Waals surface area contributed by atoms with Crippen molar-refractivity contribution in [3.8, 4) is 5.75 Å². The van der Waals surface area contributed by atoms with Gasteiger partial charge in [-0.05, 0) is 19.1 Å². The first-order chi connectivity index (χ1) is 16.9. The molecule has 0 aliphatic carbocycles. The lowest BCUT2D eigenvalue weighted by Crippen LogP contribution is -2.35. The number of fused-ring (bicyclic) bond motifs is 1. The van der Waals surface area contributed by atoms with E-state index in [1.165, 1.54) is 29.8 Å². The van der Waals surface area contributed by atoms with Crippen molar-refractivity contribution < 1.29 is 19.0 Å². The number of aryl methyl sites for hydroxylation is 1. The van der Waals surface area contributed by atoms with E-state index in [0.29, 0.717) is 54.5 Å². The quantitative estimate of drug-likeness (QED) is 0.456. The van der Waals surface area contributed by atoms with Crippen LogP contribution < -0.4 is 10.3 Å². The molecule has 184 valence electrons. The number of carbonyl (C=O) groups is 2. The van der Waals surface area contributed by atoms with E-state index in [1.807, 2.05) is 30.3 Å². The smallest absolute Gasteiger partial charge is 0.259 e. The summed E-state index contributed by atoms with van der Waals surface area (Å²) in [7, 11) is 3.08. The van der Waals surface area contributed by atoms with Crippen LogP contribution >= 0.6 is 11.8 Å². The van der Waals surface area contributed by atoms with Crippen molar-refractivity contribution in [2.24, 2.45) is 0 Å². The van der Waals surface area contributed by atoms with E-state index in [4.69, 9.17) is 9.37 Å². The molecule has 1 aromatic carbocycles. The van der Waals surface area contributed by atoms with Crippen LogP contribution in [0.4, 0.5) is 0 Å². The van der Waals surface area contributed by atoms with Gasteiger partial charge in [0, 0.05) is 49.8 Å². The minimum absolute atomic E-state index is 0.00863. The number of aromatic nitrogens is 3. The van der Waals surface area contributed by atoms with Crippen molar-refractivity contribution in [2.45, 2.75) is 31.3 Å². The third-order valence-corrected chi connectivity index (χ3v) is 6.96. The predicted molar refractivity (Wildman–Crippen MR) is 130 cm³/mol. The summed E-state index contributed by atoms with van der Waals surface area (Å²) in [6.45, 7) is 3.03. The lowest BCUT2D eigenvalue weighted by molar-refractivity contribution is -0.128. The lowest BCUT2D eigenvalue weighted by Gasteiger charge is -2.21. The molecular formula is C24H27N5O5S. The molecule has 11 heteroatoms. The predicted octanol–water partition coefficient (Wildman–Crippen LogP) is 2.00. The van der Waals surface area contributed by atoms with Crippen molar-refractivity contribution in [3.05, 3.63) is 69.4 Å². The van der Waals surface area contributed by atoms with Gasteiger partial charge in [0.15, 0.2) is 0 Å². The van der Waals surface area contributed by atoms with E-state index in [1.54, 1.807) is 23.4 Å². The Hall–Kier alpha value is -3.60. The van der Waals surface area contributed by atoms with Gasteiger partial charge in [-0.1, -0.05) is 28.5 Å². The summed E-state index contributed by atoms with van der Waals surface area (Å²) in [5.74, 6) is 0.198. The number of amides is 2. The van der Waals surface area contributed by atoms with Gasteiger partial charge in [-0.2, -0.15) is 0 Å². The summed E-state index contributed by atoms with van der Waals surface area (Å²) in [5, 5.41) is 7.60. The molecule has 0 saturated heterocycles. The number of methoxy groups -OCH3 is 1. The second-order valence-electron chi connectivity index (χ2n) is 8.21. The van der Waals surface area contributed by atoms with Gasteiger partial charge >= 0.3 is 0 Å². The number of benzene rings is 1. The van der Waals surface area contributed by atoms with E-state index < -0.39 is 0 Å². The van der Waals surface area contributed by atoms with Crippen molar-refractivity contribution in [3.63, 3.8) is 0 Å². The molecule has 1 aliphatic rings. The minimum atomic E-state index is -0.313. The van der Waals surface area contributed by atoms with Crippen molar-refractivity contribution in [1.29, 1.82) is 0 Å². The Kier molecular flexibility index (Phi) is 7.54. The second-order valence-corrected chi connectivity index (χ2v) is 9.26. The fourth-order valence-electron chi connectivity index (χ4n) is 4.02. The molecule has 0 fully saturated rings. The highest BCUT2D eigenvalue weighted by Crippen LogP contribution is 2.25. The van der Waals surface area contributed by atoms with E-state index in [0.717, 1.165) is 4.90 Å². The number of carbonyl (C=O) groups excluding carboxylic acids is 2. The first-order valence-electron chi connectivity index (χ1n) is 11.2. The van der Waals surface area contributed by atoms with E-state index in [2.05, 4.69) is 10.3 Å². The van der Waals surface area contributed by atoms with Crippen LogP contribution in [0, 0.1) is 6.92 Å². The van der Waals surface area contributed by atoms with Crippen LogP contribution in [0.15, 0.2) is 50.7 Å². The fourth-order valence-corrected chi connectivity index (χ4v) is 4.85. The van der Waals surface area contributed by atoms with Crippen LogP contribution in [-0.2, 0) is 24.3 Å². The molecule has 3 heterocycles. The molecule has 0 atom stereocenters. The van der Waals surface area contributed by atoms with E-state index >= 15 is 0 Å². The SMILES string of the molecule is COc1cc(=O)n2c(c1C(=O)N(C)Cc1nonc1C)CCN(C(=O)CSc1ccccc1)CC2. The van der Waals surface area contributed by atoms with Crippen LogP contribution in [0.5, 0.6) is 5.75 Å². The maximum absolute atomic E-state index is 13.5. The molecule has 4 rings (SSSR count). The lowest BCUT2D eigenvalue weighted by atomic mass is 10.1. The largest absolute Gasteiger partial charge is 0.496 e. The normalized spacial score (nSPS) is 13.2. The first-order valence-corrected chi connectivity index (χ1v) is 12.2. The zero-order chi connectivity index (χ0) is 24.9. The van der Waals surface area contributed by atoms with Gasteiger partial charge in [0.25, 0.3) is 11.5 Å². The van der Waals surface area contributed by atoms with Gasteiger partial charge in [0.2, 0.25) is 5.91 Å². The number of hydrogen-bond acceptors (Lipinski definition) is 8. The van der Waals surface area contributed by atoms with Crippen LogP contribution in [0.3, 0.4) is 0 Å². The van der Waals surface area contributed by atoms with Crippen LogP contribution in [0.1, 0.15) is 27.4 Å². The van der Waals surface area contributed by atoms with Gasteiger partial charge < -0.3 is 19.1 Å². The molecule has 3 aromatic rings. The van der Waals surface area contributed by atoms with E-state index in [-0.39, 0.29) is 29.7 Å². The molecule has 10 nitrogen and oxygen atoms in total. The standard InChI is InChI=1S/C24H27N5O5S/c1-16-18(26-34-25-16)14-27(2)24(32)23-19-9-10-28(11-12-29(19)21(30)13-20(23)33-3)22(31)15-35-17-7-5-4-6-8-17/h4-8,13H,9-12,14-15H2,1-3H3. The van der Waals surface area contributed by atoms with Gasteiger partial charge in [-0.25, -0.2) is 4.63 Å². The van der Waals surface area contributed by atoms with Crippen molar-refractivity contribution in [2.75, 3.05) is 33.0 Å². The molecule has 2 amide bonds. The molecule has 0 unspecified atom stereocenters. The first kappa shape index (κ1) is 24.5. The Labute approximate surface area is 206 Å². The Morgan fingerprint density at radius 2 is 1.94 bits per heavy atom. The zero-order valence-corrected chi connectivity index (χ0v) is 20.7. The van der Waals surface area contributed by atoms with Crippen LogP contribution in [0.25, 0.3) is 0 Å². The summed E-state index contributed by atoms with van der Waals surface area (Å²) in [4.78, 5) is 43.5. The van der Waals surface area contributed by atoms with Gasteiger partial charge in [-0.3, -0.25) is 14.4 Å². The Bertz CT molecular complexity index is 1270. The third kappa shape index (κ3) is 5.40. The minimum Gasteiger partial charge on any atom is -0.496 e. The summed E-state index contributed by atoms with van der Waals surface area (Å²) < 4.78 is 11.7. The number of hydrogen-bond donors (Lipinski definition) is 0. The maximum atomic E-state index is 13.5. The molecule has 0 radical (unpaired) electrons. The number of thioether (sulfide) groups is 1. The second kappa shape index (κ2) is 10.8. The van der Waals surface area contributed by atoms with Crippen LogP contribution in [-0.4, -0.2) is 69.5 Å². The zero-order valence-electron chi connectivity index (χ0n) is 19.9. The topological polar surface area (TPSA) is 111 Å². The summed E-state index contributed by atoms with van der Waals surface area (Å²) in [6.07, 6.45) is 0.355. The number of rotatable bonds is 7. The van der Waals surface area contributed by atoms with Crippen molar-refractivity contribution >= 4 is 23.6 Å². The molecule has 2 aromatic heterocycles. The highest BCUT2D eigenvalue weighted by atomic mass is 32.2. The average molecular weight is 498 g/mol. The summed E-state index contributed by atoms with van der Waals surface area (Å²) >= 11 is 1.48. The van der Waals surface area contributed by atoms with Gasteiger partial charge in [-0.15, -0.1) is 11.8 Å². The molecular weight excluding hydrogens is 470 g/mol. The highest BCUT2D eigenvalue weighted by Gasteiger charge is 2.28. The Morgan fingerprint density at radius 1 is 1.17 bits per heavy atom. The number of ether oxygens (including phenoxy) is 1. The molecule has 1 aliphatic heterocycles. The molecule has 35 heavy (non-hydrogen) atoms. The van der Waals surface area contributed by atoms with E-state index in [9.17, 15) is 14.4 Å². The summed E-state index contributed by atoms with van der Waals surface area (Å²) in [5.41, 5.74) is 1.76. The number of pyridine rings is 1. The van der Waals surface area contributed by atoms with Crippen LogP contribution in [0.2, 0.25) is 0 Å². The molecule has 0 saturated carbocycles. The molecule has 0 N–H and O–H groups in total. The molecule has 0 bridgehead atoms. The van der Waals surface area contributed by atoms with Gasteiger partial charge in [0.1, 0.15) is 22.7 Å². The summed E-state index contributed by atoms with van der Waals surface area (Å²) in [6, 6.07) is 11.1. The fraction of sp³-hybridized carbons (Fsp3) is 0.375.